The van der Waals surface area contributed by atoms with Crippen LogP contribution in [0.25, 0.3) is 5.76 Å². The number of nitrogens with one attached hydrogen (secondary N) is 1. The zero-order valence-electron chi connectivity index (χ0n) is 26.6. The fourth-order valence-corrected chi connectivity index (χ4v) is 11.7. The van der Waals surface area contributed by atoms with Gasteiger partial charge in [0.25, 0.3) is 5.91 Å². The summed E-state index contributed by atoms with van der Waals surface area (Å²) in [7, 11) is 3.21. The number of amides is 1. The average Bonchev–Trinajstić information content (AvgIpc) is 3.47. The highest BCUT2D eigenvalue weighted by Gasteiger charge is 2.61. The van der Waals surface area contributed by atoms with Crippen LogP contribution in [0.4, 0.5) is 10.8 Å². The number of likely N-dealkylation sites (N-methyl/N-ethyl adjacent to an activating group) is 1. The van der Waals surface area contributed by atoms with Crippen molar-refractivity contribution in [2.24, 2.45) is 41.2 Å². The number of thiazole rings is 1. The molecule has 7 aliphatic carbocycles. The normalized spacial score (nSPS) is 37.3. The number of aromatic hydroxyl groups is 1. The largest absolute Gasteiger partial charge is 0.510 e. The number of nitrogens with zero attached hydrogens (tertiary/aromatic N) is 2. The molecule has 47 heavy (non-hydrogen) atoms. The van der Waals surface area contributed by atoms with Crippen molar-refractivity contribution < 1.29 is 34.8 Å². The highest BCUT2D eigenvalue weighted by Crippen LogP contribution is 2.61. The van der Waals surface area contributed by atoms with Crippen LogP contribution in [0.2, 0.25) is 0 Å². The van der Waals surface area contributed by atoms with Crippen LogP contribution in [0, 0.1) is 35.5 Å². The Bertz CT molecular complexity index is 1770. The van der Waals surface area contributed by atoms with Gasteiger partial charge in [-0.15, -0.1) is 11.3 Å². The number of phenolic OH excluding ortho intramolecular Hbond substituents is 1. The smallest absolute Gasteiger partial charge is 0.255 e. The van der Waals surface area contributed by atoms with E-state index >= 15 is 0 Å². The molecule has 5 saturated carbocycles. The number of aromatic nitrogens is 1. The number of nitrogens with two attached hydrogens (primary N) is 1. The van der Waals surface area contributed by atoms with Crippen LogP contribution in [0.3, 0.4) is 0 Å². The van der Waals surface area contributed by atoms with E-state index in [0.29, 0.717) is 16.4 Å². The summed E-state index contributed by atoms with van der Waals surface area (Å²) in [5.41, 5.74) is 6.71. The molecule has 5 fully saturated rings. The van der Waals surface area contributed by atoms with Gasteiger partial charge in [-0.25, -0.2) is 4.98 Å². The minimum atomic E-state index is -1.56. The molecular weight excluding hydrogens is 620 g/mol. The third kappa shape index (κ3) is 4.23. The van der Waals surface area contributed by atoms with E-state index in [1.807, 2.05) is 0 Å². The van der Waals surface area contributed by atoms with Gasteiger partial charge >= 0.3 is 0 Å². The second kappa shape index (κ2) is 10.4. The molecule has 7 N–H and O–H groups in total. The van der Waals surface area contributed by atoms with E-state index in [4.69, 9.17) is 10.7 Å². The zero-order chi connectivity index (χ0) is 33.3. The monoisotopic (exact) mass is 660 g/mol. The molecule has 1 amide bonds. The number of phenols is 1. The van der Waals surface area contributed by atoms with Gasteiger partial charge in [0.2, 0.25) is 0 Å². The molecule has 1 aromatic heterocycles. The Hall–Kier alpha value is -3.74. The molecule has 0 radical (unpaired) electrons. The number of hydrogen-bond acceptors (Lipinski definition) is 11. The molecule has 0 saturated heterocycles. The van der Waals surface area contributed by atoms with Gasteiger partial charge in [-0.2, -0.15) is 0 Å². The molecule has 12 heteroatoms. The number of fused-ring (bicyclic) bond motifs is 3. The van der Waals surface area contributed by atoms with Gasteiger partial charge in [0.15, 0.2) is 16.7 Å². The first-order chi connectivity index (χ1) is 22.3. The quantitative estimate of drug-likeness (QED) is 0.155. The van der Waals surface area contributed by atoms with Crippen molar-refractivity contribution in [1.29, 1.82) is 0 Å². The van der Waals surface area contributed by atoms with E-state index in [2.05, 4.69) is 10.7 Å². The van der Waals surface area contributed by atoms with Crippen molar-refractivity contribution in [3.63, 3.8) is 0 Å². The first kappa shape index (κ1) is 30.6. The van der Waals surface area contributed by atoms with Crippen LogP contribution in [-0.2, 0) is 19.8 Å². The zero-order valence-corrected chi connectivity index (χ0v) is 27.4. The van der Waals surface area contributed by atoms with Crippen molar-refractivity contribution in [3.8, 4) is 5.75 Å². The van der Waals surface area contributed by atoms with Gasteiger partial charge in [-0.1, -0.05) is 13.0 Å². The molecule has 0 spiro atoms. The maximum absolute atomic E-state index is 14.2. The standard InChI is InChI=1S/C35H40N4O7S/c1-13-17-4-5-18(37-34-38-19(12-47-34)35-9-14-6-15(10-35)8-16(7-14)11-35)27(40)21(17)29(42)23-20(13)28(41)22-24(30(23)43)31(44)25(33(36)46)32(45)26(22)39(2)3/h4-5,12-16,20,22,24,26,28,40-42,45H,6-11H2,1-3H3,(H2,36,46)(H,37,38)/t13-,14?,15?,16?,20?,22?,24?,26-,28-,35?/m0/s1. The van der Waals surface area contributed by atoms with Gasteiger partial charge in [-0.3, -0.25) is 19.3 Å². The van der Waals surface area contributed by atoms with E-state index in [0.717, 1.165) is 23.4 Å². The number of ketones is 2. The SMILES string of the molecule is C[C@H]1c2ccc(Nc3nc(C45CC6CC(CC(C6)C4)C5)cs3)c(O)c2C(O)=C2C(=O)C3C(=O)C(C(N)=O)=C(O)[C@@H](N(C)C)C3[C@@H](O)C21. The number of benzene rings is 1. The fourth-order valence-electron chi connectivity index (χ4n) is 10.8. The number of aliphatic hydroxyl groups is 3. The Morgan fingerprint density at radius 1 is 1.04 bits per heavy atom. The Labute approximate surface area is 276 Å². The van der Waals surface area contributed by atoms with Crippen molar-refractivity contribution in [3.05, 3.63) is 51.2 Å². The number of anilines is 2. The Morgan fingerprint density at radius 3 is 2.28 bits per heavy atom. The summed E-state index contributed by atoms with van der Waals surface area (Å²) in [5, 5.41) is 52.0. The fraction of sp³-hybridized carbons (Fsp3) is 0.543. The first-order valence-corrected chi connectivity index (χ1v) is 17.4. The van der Waals surface area contributed by atoms with Crippen LogP contribution in [-0.4, -0.2) is 74.0 Å². The van der Waals surface area contributed by atoms with Crippen molar-refractivity contribution in [2.75, 3.05) is 19.4 Å². The molecule has 9 rings (SSSR count). The van der Waals surface area contributed by atoms with E-state index in [1.165, 1.54) is 54.8 Å². The summed E-state index contributed by atoms with van der Waals surface area (Å²) < 4.78 is 0. The molecule has 1 aromatic carbocycles. The van der Waals surface area contributed by atoms with Gasteiger partial charge in [0, 0.05) is 28.2 Å². The number of carbonyl (C=O) groups is 3. The first-order valence-electron chi connectivity index (χ1n) is 16.5. The van der Waals surface area contributed by atoms with Gasteiger partial charge in [0.05, 0.1) is 35.0 Å². The topological polar surface area (TPSA) is 186 Å². The van der Waals surface area contributed by atoms with E-state index < -0.39 is 70.4 Å². The van der Waals surface area contributed by atoms with Gasteiger partial charge in [-0.05, 0) is 87.9 Å². The summed E-state index contributed by atoms with van der Waals surface area (Å²) in [6.07, 6.45) is 6.21. The Kier molecular flexibility index (Phi) is 6.75. The molecule has 11 nitrogen and oxygen atoms in total. The van der Waals surface area contributed by atoms with Crippen LogP contribution < -0.4 is 11.1 Å². The average molecular weight is 661 g/mol. The maximum atomic E-state index is 14.2. The van der Waals surface area contributed by atoms with Crippen LogP contribution in [0.1, 0.15) is 68.2 Å². The molecule has 7 aliphatic rings. The van der Waals surface area contributed by atoms with Crippen LogP contribution >= 0.6 is 11.3 Å². The molecule has 0 aliphatic heterocycles. The molecule has 248 valence electrons. The molecule has 6 atom stereocenters. The molecule has 3 unspecified atom stereocenters. The van der Waals surface area contributed by atoms with Gasteiger partial charge < -0.3 is 31.5 Å². The molecule has 4 bridgehead atoms. The number of primary amides is 1. The summed E-state index contributed by atoms with van der Waals surface area (Å²) >= 11 is 1.48. The number of carbonyl (C=O) groups excluding carboxylic acids is 3. The maximum Gasteiger partial charge on any atom is 0.255 e. The summed E-state index contributed by atoms with van der Waals surface area (Å²) in [6, 6.07) is 2.41. The number of hydrogen-bond donors (Lipinski definition) is 6. The van der Waals surface area contributed by atoms with E-state index in [9.17, 15) is 34.8 Å². The Balaban J connectivity index is 1.15. The summed E-state index contributed by atoms with van der Waals surface area (Å²) in [4.78, 5) is 46.5. The second-order valence-corrected chi connectivity index (χ2v) is 16.0. The second-order valence-electron chi connectivity index (χ2n) is 15.2. The predicted octanol–water partition coefficient (Wildman–Crippen LogP) is 4.05. The molecule has 2 aromatic rings. The number of Topliss-reactive ketones (excluding diaryl/α,β-unsaturated/α-hetero) is 2. The van der Waals surface area contributed by atoms with Crippen molar-refractivity contribution in [2.45, 2.75) is 68.9 Å². The lowest BCUT2D eigenvalue weighted by Crippen LogP contribution is -2.61. The highest BCUT2D eigenvalue weighted by atomic mass is 32.1. The number of aliphatic hydroxyl groups excluding tert-OH is 3. The number of rotatable bonds is 5. The third-order valence-electron chi connectivity index (χ3n) is 12.3. The van der Waals surface area contributed by atoms with E-state index in [1.54, 1.807) is 33.2 Å². The molecular formula is C35H40N4O7S. The minimum Gasteiger partial charge on any atom is -0.510 e. The lowest BCUT2D eigenvalue weighted by atomic mass is 9.49. The predicted molar refractivity (Wildman–Crippen MR) is 174 cm³/mol. The lowest BCUT2D eigenvalue weighted by Gasteiger charge is -2.56. The lowest BCUT2D eigenvalue weighted by molar-refractivity contribution is -0.143. The van der Waals surface area contributed by atoms with Gasteiger partial charge in [0.1, 0.15) is 22.8 Å². The Morgan fingerprint density at radius 2 is 1.68 bits per heavy atom. The minimum absolute atomic E-state index is 0.0477. The summed E-state index contributed by atoms with van der Waals surface area (Å²) in [6.45, 7) is 1.79. The third-order valence-corrected chi connectivity index (χ3v) is 13.1. The molecule has 1 heterocycles. The highest BCUT2D eigenvalue weighted by molar-refractivity contribution is 7.13. The van der Waals surface area contributed by atoms with E-state index in [-0.39, 0.29) is 22.3 Å². The van der Waals surface area contributed by atoms with Crippen molar-refractivity contribution in [1.82, 2.24) is 9.88 Å². The van der Waals surface area contributed by atoms with Crippen molar-refractivity contribution >= 4 is 45.4 Å². The van der Waals surface area contributed by atoms with Crippen LogP contribution in [0.5, 0.6) is 5.75 Å². The van der Waals surface area contributed by atoms with Crippen LogP contribution in [0.15, 0.2) is 34.4 Å². The summed E-state index contributed by atoms with van der Waals surface area (Å²) in [5.74, 6) is -6.10.